The molecule has 0 unspecified atom stereocenters. The highest BCUT2D eigenvalue weighted by atomic mass is 32.1. The van der Waals surface area contributed by atoms with Crippen molar-refractivity contribution >= 4 is 18.3 Å². The van der Waals surface area contributed by atoms with Crippen LogP contribution in [0.5, 0.6) is 5.75 Å². The number of rotatable bonds is 2. The van der Waals surface area contributed by atoms with Crippen molar-refractivity contribution < 1.29 is 14.1 Å². The summed E-state index contributed by atoms with van der Waals surface area (Å²) in [6.07, 6.45) is 0. The van der Waals surface area contributed by atoms with Crippen molar-refractivity contribution in [2.45, 2.75) is 4.90 Å². The second-order valence-corrected chi connectivity index (χ2v) is 2.65. The molecule has 6 heteroatoms. The Labute approximate surface area is 78.9 Å². The molecule has 0 saturated heterocycles. The lowest BCUT2D eigenvalue weighted by Crippen LogP contribution is -1.96. The predicted octanol–water partition coefficient (Wildman–Crippen LogP) is 2.03. The van der Waals surface area contributed by atoms with Crippen LogP contribution in [0.3, 0.4) is 0 Å². The standard InChI is InChI=1S/C7H6FNO3S/c1-12-5-3-2-4(8)7(13)6(5)9(10)11/h2-3,13H,1H3. The van der Waals surface area contributed by atoms with Crippen molar-refractivity contribution in [1.29, 1.82) is 0 Å². The summed E-state index contributed by atoms with van der Waals surface area (Å²) in [5.74, 6) is -0.743. The monoisotopic (exact) mass is 203 g/mol. The van der Waals surface area contributed by atoms with E-state index in [1.165, 1.54) is 13.2 Å². The van der Waals surface area contributed by atoms with Crippen molar-refractivity contribution in [3.05, 3.63) is 28.1 Å². The molecule has 0 bridgehead atoms. The van der Waals surface area contributed by atoms with Crippen LogP contribution >= 0.6 is 12.6 Å². The van der Waals surface area contributed by atoms with Gasteiger partial charge in [-0.3, -0.25) is 10.1 Å². The average molecular weight is 203 g/mol. The minimum absolute atomic E-state index is 0.00333. The van der Waals surface area contributed by atoms with Crippen molar-refractivity contribution in [3.8, 4) is 5.75 Å². The number of hydrogen-bond acceptors (Lipinski definition) is 4. The molecular formula is C7H6FNO3S. The first-order valence-electron chi connectivity index (χ1n) is 3.27. The Morgan fingerprint density at radius 3 is 2.69 bits per heavy atom. The first-order chi connectivity index (χ1) is 6.07. The normalized spacial score (nSPS) is 9.77. The van der Waals surface area contributed by atoms with E-state index in [-0.39, 0.29) is 10.6 Å². The van der Waals surface area contributed by atoms with Gasteiger partial charge < -0.3 is 4.74 Å². The summed E-state index contributed by atoms with van der Waals surface area (Å²) in [6.45, 7) is 0. The molecule has 1 aromatic carbocycles. The molecular weight excluding hydrogens is 197 g/mol. The Balaban J connectivity index is 3.41. The van der Waals surface area contributed by atoms with Gasteiger partial charge in [-0.05, 0) is 12.1 Å². The molecule has 70 valence electrons. The van der Waals surface area contributed by atoms with Gasteiger partial charge in [0.1, 0.15) is 10.7 Å². The lowest BCUT2D eigenvalue weighted by atomic mass is 10.3. The summed E-state index contributed by atoms with van der Waals surface area (Å²) in [6, 6.07) is 2.25. The first-order valence-corrected chi connectivity index (χ1v) is 3.72. The molecule has 13 heavy (non-hydrogen) atoms. The highest BCUT2D eigenvalue weighted by molar-refractivity contribution is 7.80. The van der Waals surface area contributed by atoms with E-state index >= 15 is 0 Å². The molecule has 1 aromatic rings. The van der Waals surface area contributed by atoms with E-state index in [4.69, 9.17) is 0 Å². The number of methoxy groups -OCH3 is 1. The Morgan fingerprint density at radius 1 is 1.62 bits per heavy atom. The zero-order valence-electron chi connectivity index (χ0n) is 6.65. The van der Waals surface area contributed by atoms with Gasteiger partial charge in [0.05, 0.1) is 12.0 Å². The smallest absolute Gasteiger partial charge is 0.327 e. The summed E-state index contributed by atoms with van der Waals surface area (Å²) in [5.41, 5.74) is -0.453. The minimum atomic E-state index is -0.740. The zero-order chi connectivity index (χ0) is 10.0. The van der Waals surface area contributed by atoms with Crippen LogP contribution in [0.2, 0.25) is 0 Å². The van der Waals surface area contributed by atoms with Gasteiger partial charge in [-0.2, -0.15) is 0 Å². The Kier molecular flexibility index (Phi) is 2.72. The number of nitro benzene ring substituents is 1. The largest absolute Gasteiger partial charge is 0.490 e. The van der Waals surface area contributed by atoms with Crippen molar-refractivity contribution in [1.82, 2.24) is 0 Å². The summed E-state index contributed by atoms with van der Waals surface area (Å²) in [5, 5.41) is 10.5. The van der Waals surface area contributed by atoms with Crippen LogP contribution in [0, 0.1) is 15.9 Å². The number of hydrogen-bond donors (Lipinski definition) is 1. The molecule has 1 rings (SSSR count). The maximum Gasteiger partial charge on any atom is 0.327 e. The average Bonchev–Trinajstić information content (AvgIpc) is 2.08. The summed E-state index contributed by atoms with van der Waals surface area (Å²) >= 11 is 3.68. The molecule has 0 amide bonds. The molecule has 0 N–H and O–H groups in total. The van der Waals surface area contributed by atoms with Crippen LogP contribution in [-0.2, 0) is 0 Å². The van der Waals surface area contributed by atoms with Crippen LogP contribution in [-0.4, -0.2) is 12.0 Å². The van der Waals surface area contributed by atoms with Crippen molar-refractivity contribution in [3.63, 3.8) is 0 Å². The van der Waals surface area contributed by atoms with Crippen molar-refractivity contribution in [2.75, 3.05) is 7.11 Å². The fraction of sp³-hybridized carbons (Fsp3) is 0.143. The Bertz CT molecular complexity index is 356. The molecule has 0 atom stereocenters. The summed E-state index contributed by atoms with van der Waals surface area (Å²) in [4.78, 5) is 9.42. The van der Waals surface area contributed by atoms with Crippen LogP contribution < -0.4 is 4.74 Å². The number of thiol groups is 1. The SMILES string of the molecule is COc1ccc(F)c(S)c1[N+](=O)[O-]. The van der Waals surface area contributed by atoms with Gasteiger partial charge in [0.2, 0.25) is 0 Å². The molecule has 0 aliphatic heterocycles. The fourth-order valence-corrected chi connectivity index (χ4v) is 1.14. The molecule has 0 spiro atoms. The lowest BCUT2D eigenvalue weighted by molar-refractivity contribution is -0.388. The van der Waals surface area contributed by atoms with Gasteiger partial charge in [-0.25, -0.2) is 4.39 Å². The van der Waals surface area contributed by atoms with E-state index in [9.17, 15) is 14.5 Å². The third kappa shape index (κ3) is 1.72. The third-order valence-electron chi connectivity index (χ3n) is 1.47. The van der Waals surface area contributed by atoms with Gasteiger partial charge in [-0.1, -0.05) is 0 Å². The van der Waals surface area contributed by atoms with E-state index in [1.54, 1.807) is 0 Å². The number of ether oxygens (including phenoxy) is 1. The molecule has 0 aromatic heterocycles. The predicted molar refractivity (Wildman–Crippen MR) is 46.9 cm³/mol. The second kappa shape index (κ2) is 3.61. The van der Waals surface area contributed by atoms with E-state index < -0.39 is 16.4 Å². The highest BCUT2D eigenvalue weighted by Crippen LogP contribution is 2.34. The van der Waals surface area contributed by atoms with Crippen LogP contribution in [0.4, 0.5) is 10.1 Å². The number of nitrogens with zero attached hydrogens (tertiary/aromatic N) is 1. The zero-order valence-corrected chi connectivity index (χ0v) is 7.55. The molecule has 0 heterocycles. The molecule has 0 aliphatic rings. The summed E-state index contributed by atoms with van der Waals surface area (Å²) < 4.78 is 17.5. The number of nitro groups is 1. The molecule has 0 fully saturated rings. The van der Waals surface area contributed by atoms with Crippen molar-refractivity contribution in [2.24, 2.45) is 0 Å². The van der Waals surface area contributed by atoms with E-state index in [2.05, 4.69) is 17.4 Å². The summed E-state index contributed by atoms with van der Waals surface area (Å²) in [7, 11) is 1.27. The van der Waals surface area contributed by atoms with Crippen LogP contribution in [0.25, 0.3) is 0 Å². The third-order valence-corrected chi connectivity index (χ3v) is 1.89. The van der Waals surface area contributed by atoms with Gasteiger partial charge >= 0.3 is 5.69 Å². The fourth-order valence-electron chi connectivity index (χ4n) is 0.878. The van der Waals surface area contributed by atoms with E-state index in [0.29, 0.717) is 0 Å². The van der Waals surface area contributed by atoms with Crippen LogP contribution in [0.1, 0.15) is 0 Å². The van der Waals surface area contributed by atoms with E-state index in [1.807, 2.05) is 0 Å². The van der Waals surface area contributed by atoms with E-state index in [0.717, 1.165) is 6.07 Å². The maximum absolute atomic E-state index is 12.8. The maximum atomic E-state index is 12.8. The molecule has 0 radical (unpaired) electrons. The molecule has 0 aliphatic carbocycles. The number of benzene rings is 1. The van der Waals surface area contributed by atoms with Gasteiger partial charge in [-0.15, -0.1) is 12.6 Å². The Morgan fingerprint density at radius 2 is 2.23 bits per heavy atom. The molecule has 4 nitrogen and oxygen atoms in total. The first kappa shape index (κ1) is 9.79. The quantitative estimate of drug-likeness (QED) is 0.454. The van der Waals surface area contributed by atoms with Gasteiger partial charge in [0.25, 0.3) is 0 Å². The van der Waals surface area contributed by atoms with Crippen LogP contribution in [0.15, 0.2) is 17.0 Å². The van der Waals surface area contributed by atoms with Gasteiger partial charge in [0.15, 0.2) is 5.75 Å². The minimum Gasteiger partial charge on any atom is -0.490 e. The topological polar surface area (TPSA) is 52.4 Å². The second-order valence-electron chi connectivity index (χ2n) is 2.20. The molecule has 0 saturated carbocycles. The Hall–Kier alpha value is -1.30. The number of halogens is 1. The lowest BCUT2D eigenvalue weighted by Gasteiger charge is -2.03. The highest BCUT2D eigenvalue weighted by Gasteiger charge is 2.21. The van der Waals surface area contributed by atoms with Gasteiger partial charge in [0, 0.05) is 0 Å².